The van der Waals surface area contributed by atoms with E-state index >= 15 is 0 Å². The van der Waals surface area contributed by atoms with Crippen LogP contribution >= 0.6 is 22.6 Å². The number of aromatic nitrogens is 1. The highest BCUT2D eigenvalue weighted by Gasteiger charge is 2.06. The second-order valence-corrected chi connectivity index (χ2v) is 3.20. The van der Waals surface area contributed by atoms with E-state index < -0.39 is 0 Å². The summed E-state index contributed by atoms with van der Waals surface area (Å²) in [5.41, 5.74) is 0.510. The van der Waals surface area contributed by atoms with Gasteiger partial charge in [0.15, 0.2) is 0 Å². The van der Waals surface area contributed by atoms with Gasteiger partial charge in [0.05, 0.1) is 6.61 Å². The molecule has 60 valence electrons. The summed E-state index contributed by atoms with van der Waals surface area (Å²) in [7, 11) is 0. The minimum absolute atomic E-state index is 0.296. The molecule has 0 aliphatic rings. The summed E-state index contributed by atoms with van der Waals surface area (Å²) in [6.45, 7) is 2.19. The van der Waals surface area contributed by atoms with Gasteiger partial charge in [-0.2, -0.15) is 0 Å². The molecule has 3 nitrogen and oxygen atoms in total. The fourth-order valence-corrected chi connectivity index (χ4v) is 1.16. The Balaban J connectivity index is 2.69. The first-order chi connectivity index (χ1) is 5.24. The first-order valence-electron chi connectivity index (χ1n) is 3.25. The molecule has 0 bridgehead atoms. The molecule has 0 saturated heterocycles. The van der Waals surface area contributed by atoms with E-state index in [1.54, 1.807) is 19.2 Å². The molecule has 1 heterocycles. The summed E-state index contributed by atoms with van der Waals surface area (Å²) in [6.07, 6.45) is 1.76. The number of aromatic amines is 1. The molecule has 0 spiro atoms. The van der Waals surface area contributed by atoms with E-state index in [1.165, 1.54) is 0 Å². The molecule has 1 rings (SSSR count). The Morgan fingerprint density at radius 2 is 2.55 bits per heavy atom. The topological polar surface area (TPSA) is 42.1 Å². The van der Waals surface area contributed by atoms with Gasteiger partial charge in [-0.1, -0.05) is 0 Å². The second kappa shape index (κ2) is 3.75. The highest BCUT2D eigenvalue weighted by atomic mass is 127. The van der Waals surface area contributed by atoms with Crippen LogP contribution in [0.25, 0.3) is 0 Å². The Bertz CT molecular complexity index is 257. The molecule has 11 heavy (non-hydrogen) atoms. The van der Waals surface area contributed by atoms with Crippen molar-refractivity contribution in [2.45, 2.75) is 6.92 Å². The van der Waals surface area contributed by atoms with Gasteiger partial charge in [0.25, 0.3) is 0 Å². The zero-order valence-electron chi connectivity index (χ0n) is 6.06. The van der Waals surface area contributed by atoms with Crippen LogP contribution in [0, 0.1) is 3.57 Å². The first kappa shape index (κ1) is 8.58. The molecule has 4 heteroatoms. The van der Waals surface area contributed by atoms with Gasteiger partial charge in [-0.25, -0.2) is 4.79 Å². The molecule has 0 aliphatic heterocycles. The maximum absolute atomic E-state index is 11.0. The molecular formula is C7H8INO2. The van der Waals surface area contributed by atoms with E-state index in [4.69, 9.17) is 4.74 Å². The van der Waals surface area contributed by atoms with Gasteiger partial charge in [-0.15, -0.1) is 0 Å². The van der Waals surface area contributed by atoms with Crippen molar-refractivity contribution in [2.75, 3.05) is 6.61 Å². The van der Waals surface area contributed by atoms with E-state index in [9.17, 15) is 4.79 Å². The minimum Gasteiger partial charge on any atom is -0.461 e. The van der Waals surface area contributed by atoms with Crippen molar-refractivity contribution in [3.8, 4) is 0 Å². The Kier molecular flexibility index (Phi) is 2.92. The molecule has 0 aromatic carbocycles. The summed E-state index contributed by atoms with van der Waals surface area (Å²) in [6, 6.07) is 1.75. The number of carbonyl (C=O) groups is 1. The van der Waals surface area contributed by atoms with Crippen LogP contribution in [0.4, 0.5) is 0 Å². The Labute approximate surface area is 78.3 Å². The van der Waals surface area contributed by atoms with Crippen molar-refractivity contribution >= 4 is 28.6 Å². The molecule has 0 atom stereocenters. The monoisotopic (exact) mass is 265 g/mol. The summed E-state index contributed by atoms with van der Waals surface area (Å²) >= 11 is 2.12. The van der Waals surface area contributed by atoms with Crippen LogP contribution in [0.3, 0.4) is 0 Å². The predicted molar refractivity (Wildman–Crippen MR) is 49.5 cm³/mol. The number of rotatable bonds is 2. The van der Waals surface area contributed by atoms with Crippen molar-refractivity contribution in [1.29, 1.82) is 0 Å². The van der Waals surface area contributed by atoms with Gasteiger partial charge in [0, 0.05) is 9.77 Å². The first-order valence-corrected chi connectivity index (χ1v) is 4.33. The second-order valence-electron chi connectivity index (χ2n) is 1.95. The average molecular weight is 265 g/mol. The van der Waals surface area contributed by atoms with Gasteiger partial charge in [-0.3, -0.25) is 0 Å². The quantitative estimate of drug-likeness (QED) is 0.654. The number of hydrogen-bond acceptors (Lipinski definition) is 2. The third kappa shape index (κ3) is 2.21. The van der Waals surface area contributed by atoms with Gasteiger partial charge >= 0.3 is 5.97 Å². The molecular weight excluding hydrogens is 257 g/mol. The number of nitrogens with one attached hydrogen (secondary N) is 1. The summed E-state index contributed by atoms with van der Waals surface area (Å²) in [5.74, 6) is -0.296. The van der Waals surface area contributed by atoms with Crippen LogP contribution in [0.15, 0.2) is 12.3 Å². The number of H-pyrrole nitrogens is 1. The highest BCUT2D eigenvalue weighted by molar-refractivity contribution is 14.1. The molecule has 0 saturated carbocycles. The summed E-state index contributed by atoms with van der Waals surface area (Å²) in [4.78, 5) is 13.8. The minimum atomic E-state index is -0.296. The van der Waals surface area contributed by atoms with Crippen molar-refractivity contribution in [2.24, 2.45) is 0 Å². The summed E-state index contributed by atoms with van der Waals surface area (Å²) < 4.78 is 5.77. The van der Waals surface area contributed by atoms with E-state index in [2.05, 4.69) is 27.6 Å². The van der Waals surface area contributed by atoms with Crippen LogP contribution in [0.5, 0.6) is 0 Å². The van der Waals surface area contributed by atoms with Crippen molar-refractivity contribution in [1.82, 2.24) is 4.98 Å². The van der Waals surface area contributed by atoms with Crippen LogP contribution in [0.2, 0.25) is 0 Å². The van der Waals surface area contributed by atoms with Gasteiger partial charge in [-0.05, 0) is 35.6 Å². The molecule has 0 radical (unpaired) electrons. The van der Waals surface area contributed by atoms with E-state index in [-0.39, 0.29) is 5.97 Å². The lowest BCUT2D eigenvalue weighted by atomic mass is 10.4. The predicted octanol–water partition coefficient (Wildman–Crippen LogP) is 1.80. The molecule has 1 aromatic rings. The lowest BCUT2D eigenvalue weighted by Crippen LogP contribution is -2.04. The molecule has 1 N–H and O–H groups in total. The fourth-order valence-electron chi connectivity index (χ4n) is 0.695. The number of carbonyl (C=O) groups excluding carboxylic acids is 1. The van der Waals surface area contributed by atoms with Crippen LogP contribution in [-0.4, -0.2) is 17.6 Å². The lowest BCUT2D eigenvalue weighted by Gasteiger charge is -1.96. The number of ether oxygens (including phenoxy) is 1. The maximum Gasteiger partial charge on any atom is 0.354 e. The van der Waals surface area contributed by atoms with Crippen LogP contribution < -0.4 is 0 Å². The standard InChI is InChI=1S/C7H8INO2/c1-2-11-7(10)6-3-5(8)4-9-6/h3-4,9H,2H2,1H3. The van der Waals surface area contributed by atoms with E-state index in [0.717, 1.165) is 3.57 Å². The van der Waals surface area contributed by atoms with Crippen molar-refractivity contribution in [3.63, 3.8) is 0 Å². The van der Waals surface area contributed by atoms with Crippen molar-refractivity contribution in [3.05, 3.63) is 21.5 Å². The van der Waals surface area contributed by atoms with E-state index in [0.29, 0.717) is 12.3 Å². The average Bonchev–Trinajstić information content (AvgIpc) is 2.36. The van der Waals surface area contributed by atoms with Gasteiger partial charge < -0.3 is 9.72 Å². The maximum atomic E-state index is 11.0. The van der Waals surface area contributed by atoms with Gasteiger partial charge in [0.2, 0.25) is 0 Å². The molecule has 0 aliphatic carbocycles. The molecule has 0 unspecified atom stereocenters. The fraction of sp³-hybridized carbons (Fsp3) is 0.286. The highest BCUT2D eigenvalue weighted by Crippen LogP contribution is 2.06. The third-order valence-corrected chi connectivity index (χ3v) is 1.77. The molecule has 0 fully saturated rings. The summed E-state index contributed by atoms with van der Waals surface area (Å²) in [5, 5.41) is 0. The SMILES string of the molecule is CCOC(=O)c1cc(I)c[nH]1. The zero-order valence-corrected chi connectivity index (χ0v) is 8.21. The normalized spacial score (nSPS) is 9.64. The smallest absolute Gasteiger partial charge is 0.354 e. The number of esters is 1. The van der Waals surface area contributed by atoms with Crippen molar-refractivity contribution < 1.29 is 9.53 Å². The number of halogens is 1. The molecule has 0 amide bonds. The number of hydrogen-bond donors (Lipinski definition) is 1. The van der Waals surface area contributed by atoms with Crippen LogP contribution in [0.1, 0.15) is 17.4 Å². The van der Waals surface area contributed by atoms with Gasteiger partial charge in [0.1, 0.15) is 5.69 Å². The largest absolute Gasteiger partial charge is 0.461 e. The lowest BCUT2D eigenvalue weighted by molar-refractivity contribution is 0.0520. The zero-order chi connectivity index (χ0) is 8.27. The van der Waals surface area contributed by atoms with E-state index in [1.807, 2.05) is 0 Å². The van der Waals surface area contributed by atoms with Crippen LogP contribution in [-0.2, 0) is 4.74 Å². The third-order valence-electron chi connectivity index (χ3n) is 1.14. The Morgan fingerprint density at radius 3 is 3.00 bits per heavy atom. The molecule has 1 aromatic heterocycles. The Hall–Kier alpha value is -0.520. The Morgan fingerprint density at radius 1 is 1.82 bits per heavy atom.